The van der Waals surface area contributed by atoms with Crippen molar-refractivity contribution in [3.05, 3.63) is 35.8 Å². The van der Waals surface area contributed by atoms with Gasteiger partial charge >= 0.3 is 0 Å². The van der Waals surface area contributed by atoms with Crippen molar-refractivity contribution in [2.24, 2.45) is 0 Å². The zero-order valence-corrected chi connectivity index (χ0v) is 14.9. The molecule has 4 rings (SSSR count). The lowest BCUT2D eigenvalue weighted by Crippen LogP contribution is -2.60. The third-order valence-electron chi connectivity index (χ3n) is 4.95. The van der Waals surface area contributed by atoms with E-state index in [0.29, 0.717) is 6.61 Å². The van der Waals surface area contributed by atoms with Crippen LogP contribution in [0.5, 0.6) is 0 Å². The number of aryl methyl sites for hydroxylation is 2. The molecule has 2 aromatic rings. The normalized spacial score (nSPS) is 23.9. The lowest BCUT2D eigenvalue weighted by Gasteiger charge is -2.48. The molecule has 2 aromatic heterocycles. The van der Waals surface area contributed by atoms with Crippen molar-refractivity contribution in [1.82, 2.24) is 20.2 Å². The maximum atomic E-state index is 6.27. The molecule has 2 saturated heterocycles. The van der Waals surface area contributed by atoms with Crippen molar-refractivity contribution in [3.63, 3.8) is 0 Å². The Morgan fingerprint density at radius 1 is 1.00 bits per heavy atom. The lowest BCUT2D eigenvalue weighted by molar-refractivity contribution is -0.0634. The second-order valence-corrected chi connectivity index (χ2v) is 7.07. The fourth-order valence-electron chi connectivity index (χ4n) is 3.67. The molecule has 0 unspecified atom stereocenters. The quantitative estimate of drug-likeness (QED) is 0.825. The highest BCUT2D eigenvalue weighted by molar-refractivity contribution is 5.40. The van der Waals surface area contributed by atoms with Crippen LogP contribution in [0.25, 0.3) is 0 Å². The number of aromatic nitrogens is 4. The topological polar surface area (TPSA) is 67.3 Å². The van der Waals surface area contributed by atoms with Gasteiger partial charge in [-0.25, -0.2) is 9.97 Å². The molecule has 7 nitrogen and oxygen atoms in total. The van der Waals surface area contributed by atoms with Gasteiger partial charge in [-0.15, -0.1) is 5.10 Å². The first kappa shape index (κ1) is 16.2. The van der Waals surface area contributed by atoms with Gasteiger partial charge in [0.05, 0.1) is 25.4 Å². The zero-order valence-electron chi connectivity index (χ0n) is 14.9. The molecular formula is C18H24N6O. The number of ether oxygens (including phenoxy) is 1. The van der Waals surface area contributed by atoms with Crippen LogP contribution < -0.4 is 9.80 Å². The molecule has 0 aliphatic carbocycles. The Bertz CT molecular complexity index is 654. The molecule has 0 radical (unpaired) electrons. The van der Waals surface area contributed by atoms with Crippen molar-refractivity contribution >= 4 is 11.8 Å². The van der Waals surface area contributed by atoms with Gasteiger partial charge in [0.1, 0.15) is 5.60 Å². The average Bonchev–Trinajstić information content (AvgIpc) is 2.63. The minimum absolute atomic E-state index is 0.197. The van der Waals surface area contributed by atoms with Gasteiger partial charge in [-0.05, 0) is 44.4 Å². The fourth-order valence-corrected chi connectivity index (χ4v) is 3.67. The summed E-state index contributed by atoms with van der Waals surface area (Å²) < 4.78 is 6.27. The number of nitrogens with zero attached hydrogens (tertiary/aromatic N) is 6. The SMILES string of the molecule is Cc1cnc(N2CCO[C@]3(CCCN(c4ccc(C)nn4)C3)C2)nc1. The van der Waals surface area contributed by atoms with E-state index in [2.05, 4.69) is 30.0 Å². The summed E-state index contributed by atoms with van der Waals surface area (Å²) in [6.07, 6.45) is 5.88. The van der Waals surface area contributed by atoms with Crippen LogP contribution in [-0.2, 0) is 4.74 Å². The van der Waals surface area contributed by atoms with Crippen LogP contribution in [-0.4, -0.2) is 58.6 Å². The monoisotopic (exact) mass is 340 g/mol. The maximum Gasteiger partial charge on any atom is 0.225 e. The van der Waals surface area contributed by atoms with Crippen LogP contribution >= 0.6 is 0 Å². The fraction of sp³-hybridized carbons (Fsp3) is 0.556. The Balaban J connectivity index is 1.52. The van der Waals surface area contributed by atoms with Crippen LogP contribution in [0, 0.1) is 13.8 Å². The molecule has 25 heavy (non-hydrogen) atoms. The maximum absolute atomic E-state index is 6.27. The van der Waals surface area contributed by atoms with Crippen LogP contribution in [0.15, 0.2) is 24.5 Å². The minimum Gasteiger partial charge on any atom is -0.369 e. The van der Waals surface area contributed by atoms with E-state index in [1.807, 2.05) is 38.4 Å². The standard InChI is InChI=1S/C18H24N6O/c1-14-10-19-17(20-11-14)24-8-9-25-18(13-24)6-3-7-23(12-18)16-5-4-15(2)21-22-16/h4-5,10-11H,3,6-9,12-13H2,1-2H3/t18-/m0/s1. The van der Waals surface area contributed by atoms with Crippen LogP contribution in [0.4, 0.5) is 11.8 Å². The molecule has 0 N–H and O–H groups in total. The van der Waals surface area contributed by atoms with Crippen LogP contribution in [0.1, 0.15) is 24.1 Å². The molecule has 0 aromatic carbocycles. The Morgan fingerprint density at radius 3 is 2.56 bits per heavy atom. The summed E-state index contributed by atoms with van der Waals surface area (Å²) >= 11 is 0. The summed E-state index contributed by atoms with van der Waals surface area (Å²) in [4.78, 5) is 13.5. The molecule has 7 heteroatoms. The zero-order chi connectivity index (χ0) is 17.3. The molecule has 1 spiro atoms. The van der Waals surface area contributed by atoms with Gasteiger partial charge in [0.25, 0.3) is 0 Å². The number of hydrogen-bond acceptors (Lipinski definition) is 7. The third kappa shape index (κ3) is 3.42. The number of hydrogen-bond donors (Lipinski definition) is 0. The Kier molecular flexibility index (Phi) is 4.25. The molecule has 2 fully saturated rings. The van der Waals surface area contributed by atoms with Crippen LogP contribution in [0.2, 0.25) is 0 Å². The predicted molar refractivity (Wildman–Crippen MR) is 95.9 cm³/mol. The lowest BCUT2D eigenvalue weighted by atomic mass is 9.90. The summed E-state index contributed by atoms with van der Waals surface area (Å²) in [6.45, 7) is 8.12. The summed E-state index contributed by atoms with van der Waals surface area (Å²) in [5.41, 5.74) is 1.82. The van der Waals surface area contributed by atoms with E-state index in [9.17, 15) is 0 Å². The molecule has 0 bridgehead atoms. The Morgan fingerprint density at radius 2 is 1.80 bits per heavy atom. The van der Waals surface area contributed by atoms with E-state index in [0.717, 1.165) is 62.0 Å². The number of anilines is 2. The second kappa shape index (κ2) is 6.55. The van der Waals surface area contributed by atoms with Crippen molar-refractivity contribution in [2.75, 3.05) is 42.6 Å². The van der Waals surface area contributed by atoms with Gasteiger partial charge in [-0.1, -0.05) is 0 Å². The third-order valence-corrected chi connectivity index (χ3v) is 4.95. The van der Waals surface area contributed by atoms with E-state index in [4.69, 9.17) is 4.74 Å². The minimum atomic E-state index is -0.197. The Labute approximate surface area is 148 Å². The van der Waals surface area contributed by atoms with Gasteiger partial charge < -0.3 is 14.5 Å². The summed E-state index contributed by atoms with van der Waals surface area (Å²) in [6, 6.07) is 4.06. The van der Waals surface area contributed by atoms with Crippen molar-refractivity contribution in [3.8, 4) is 0 Å². The average molecular weight is 340 g/mol. The second-order valence-electron chi connectivity index (χ2n) is 7.07. The van der Waals surface area contributed by atoms with Gasteiger partial charge in [0.2, 0.25) is 5.95 Å². The van der Waals surface area contributed by atoms with Gasteiger partial charge in [-0.3, -0.25) is 0 Å². The van der Waals surface area contributed by atoms with Crippen molar-refractivity contribution < 1.29 is 4.74 Å². The van der Waals surface area contributed by atoms with E-state index in [1.54, 1.807) is 0 Å². The Hall–Kier alpha value is -2.28. The first-order valence-corrected chi connectivity index (χ1v) is 8.86. The number of morpholine rings is 1. The molecule has 132 valence electrons. The first-order chi connectivity index (χ1) is 12.1. The molecule has 2 aliphatic heterocycles. The number of piperidine rings is 1. The molecular weight excluding hydrogens is 316 g/mol. The molecule has 0 saturated carbocycles. The van der Waals surface area contributed by atoms with E-state index >= 15 is 0 Å². The first-order valence-electron chi connectivity index (χ1n) is 8.86. The smallest absolute Gasteiger partial charge is 0.225 e. The highest BCUT2D eigenvalue weighted by Gasteiger charge is 2.41. The van der Waals surface area contributed by atoms with Crippen molar-refractivity contribution in [2.45, 2.75) is 32.3 Å². The summed E-state index contributed by atoms with van der Waals surface area (Å²) in [7, 11) is 0. The van der Waals surface area contributed by atoms with Crippen LogP contribution in [0.3, 0.4) is 0 Å². The van der Waals surface area contributed by atoms with Gasteiger partial charge in [0, 0.05) is 25.5 Å². The number of rotatable bonds is 2. The van der Waals surface area contributed by atoms with Gasteiger partial charge in [-0.2, -0.15) is 5.10 Å². The summed E-state index contributed by atoms with van der Waals surface area (Å²) in [5, 5.41) is 8.54. The highest BCUT2D eigenvalue weighted by Crippen LogP contribution is 2.31. The predicted octanol–water partition coefficient (Wildman–Crippen LogP) is 1.76. The van der Waals surface area contributed by atoms with E-state index in [-0.39, 0.29) is 5.60 Å². The molecule has 2 aliphatic rings. The largest absolute Gasteiger partial charge is 0.369 e. The van der Waals surface area contributed by atoms with Crippen molar-refractivity contribution in [1.29, 1.82) is 0 Å². The molecule has 1 atom stereocenters. The van der Waals surface area contributed by atoms with Gasteiger partial charge in [0.15, 0.2) is 5.82 Å². The molecule has 4 heterocycles. The summed E-state index contributed by atoms with van der Waals surface area (Å²) in [5.74, 6) is 1.72. The molecule has 0 amide bonds. The van der Waals surface area contributed by atoms with E-state index < -0.39 is 0 Å². The van der Waals surface area contributed by atoms with E-state index in [1.165, 1.54) is 0 Å². The highest BCUT2D eigenvalue weighted by atomic mass is 16.5.